The summed E-state index contributed by atoms with van der Waals surface area (Å²) < 4.78 is 27.4. The molecule has 0 aliphatic heterocycles. The number of aryl methyl sites for hydroxylation is 1. The maximum Gasteiger partial charge on any atom is 0.240 e. The first-order chi connectivity index (χ1) is 8.39. The lowest BCUT2D eigenvalue weighted by Gasteiger charge is -2.15. The van der Waals surface area contributed by atoms with E-state index >= 15 is 0 Å². The number of benzene rings is 1. The zero-order chi connectivity index (χ0) is 13.8. The Kier molecular flexibility index (Phi) is 5.52. The fourth-order valence-corrected chi connectivity index (χ4v) is 3.63. The van der Waals surface area contributed by atoms with E-state index in [4.69, 9.17) is 5.11 Å². The predicted molar refractivity (Wildman–Crippen MR) is 74.9 cm³/mol. The molecule has 0 aliphatic rings. The molecule has 0 saturated carbocycles. The lowest BCUT2D eigenvalue weighted by Crippen LogP contribution is -2.37. The first-order valence-electron chi connectivity index (χ1n) is 5.40. The Morgan fingerprint density at radius 1 is 1.50 bits per heavy atom. The molecule has 0 radical (unpaired) electrons. The highest BCUT2D eigenvalue weighted by Crippen LogP contribution is 2.19. The third-order valence-electron chi connectivity index (χ3n) is 2.32. The summed E-state index contributed by atoms with van der Waals surface area (Å²) in [7, 11) is -3.63. The van der Waals surface area contributed by atoms with E-state index in [0.29, 0.717) is 10.9 Å². The Morgan fingerprint density at radius 2 is 2.17 bits per heavy atom. The minimum atomic E-state index is -3.63. The topological polar surface area (TPSA) is 66.4 Å². The predicted octanol–water partition coefficient (Wildman–Crippen LogP) is 1.97. The standard InChI is InChI=1S/C12H16BrNO3S/c1-3-4-11(8-15)14-18(16,17)12-6-9(2)5-10(13)7-12/h3,5-7,11,14-15H,1,4,8H2,2H3/t11-/m0/s1. The lowest BCUT2D eigenvalue weighted by atomic mass is 10.2. The highest BCUT2D eigenvalue weighted by molar-refractivity contribution is 9.10. The molecule has 0 amide bonds. The number of nitrogens with one attached hydrogen (secondary N) is 1. The van der Waals surface area contributed by atoms with Gasteiger partial charge in [0.25, 0.3) is 0 Å². The number of rotatable bonds is 6. The van der Waals surface area contributed by atoms with Crippen LogP contribution in [0.3, 0.4) is 0 Å². The molecule has 0 aliphatic carbocycles. The van der Waals surface area contributed by atoms with Crippen LogP contribution in [0.1, 0.15) is 12.0 Å². The van der Waals surface area contributed by atoms with Crippen molar-refractivity contribution in [2.75, 3.05) is 6.61 Å². The second kappa shape index (κ2) is 6.47. The molecule has 1 atom stereocenters. The minimum Gasteiger partial charge on any atom is -0.395 e. The van der Waals surface area contributed by atoms with E-state index in [0.717, 1.165) is 5.56 Å². The Balaban J connectivity index is 3.01. The summed E-state index contributed by atoms with van der Waals surface area (Å²) in [5.41, 5.74) is 0.842. The molecule has 4 nitrogen and oxygen atoms in total. The molecule has 0 unspecified atom stereocenters. The maximum atomic E-state index is 12.1. The second-order valence-corrected chi connectivity index (χ2v) is 6.62. The van der Waals surface area contributed by atoms with Crippen LogP contribution in [0.15, 0.2) is 40.2 Å². The van der Waals surface area contributed by atoms with Crippen LogP contribution in [-0.2, 0) is 10.0 Å². The molecule has 1 rings (SSSR count). The third-order valence-corrected chi connectivity index (χ3v) is 4.28. The van der Waals surface area contributed by atoms with E-state index in [1.165, 1.54) is 6.07 Å². The normalized spacial score (nSPS) is 13.3. The first-order valence-corrected chi connectivity index (χ1v) is 7.68. The van der Waals surface area contributed by atoms with E-state index < -0.39 is 16.1 Å². The quantitative estimate of drug-likeness (QED) is 0.782. The lowest BCUT2D eigenvalue weighted by molar-refractivity contribution is 0.257. The molecule has 0 bridgehead atoms. The van der Waals surface area contributed by atoms with E-state index in [1.807, 2.05) is 13.0 Å². The highest BCUT2D eigenvalue weighted by Gasteiger charge is 2.19. The second-order valence-electron chi connectivity index (χ2n) is 3.99. The van der Waals surface area contributed by atoms with Crippen LogP contribution in [0.5, 0.6) is 0 Å². The van der Waals surface area contributed by atoms with Crippen molar-refractivity contribution >= 4 is 26.0 Å². The van der Waals surface area contributed by atoms with E-state index in [9.17, 15) is 8.42 Å². The Labute approximate surface area is 116 Å². The zero-order valence-electron chi connectivity index (χ0n) is 10.1. The van der Waals surface area contributed by atoms with E-state index in [1.54, 1.807) is 12.1 Å². The number of aliphatic hydroxyl groups excluding tert-OH is 1. The van der Waals surface area contributed by atoms with E-state index in [-0.39, 0.29) is 11.5 Å². The van der Waals surface area contributed by atoms with Gasteiger partial charge in [0, 0.05) is 10.5 Å². The molecule has 0 aromatic heterocycles. The highest BCUT2D eigenvalue weighted by atomic mass is 79.9. The molecule has 0 spiro atoms. The van der Waals surface area contributed by atoms with Crippen molar-refractivity contribution in [2.45, 2.75) is 24.3 Å². The van der Waals surface area contributed by atoms with Crippen LogP contribution in [0.2, 0.25) is 0 Å². The fourth-order valence-electron chi connectivity index (χ4n) is 1.51. The summed E-state index contributed by atoms with van der Waals surface area (Å²) in [6.07, 6.45) is 1.94. The largest absolute Gasteiger partial charge is 0.395 e. The van der Waals surface area contributed by atoms with Gasteiger partial charge in [0.2, 0.25) is 10.0 Å². The van der Waals surface area contributed by atoms with Crippen molar-refractivity contribution in [3.05, 3.63) is 40.9 Å². The van der Waals surface area contributed by atoms with Crippen LogP contribution in [0.25, 0.3) is 0 Å². The van der Waals surface area contributed by atoms with Gasteiger partial charge in [0.15, 0.2) is 0 Å². The van der Waals surface area contributed by atoms with Crippen molar-refractivity contribution in [3.63, 3.8) is 0 Å². The SMILES string of the molecule is C=CC[C@@H](CO)NS(=O)(=O)c1cc(C)cc(Br)c1. The number of halogens is 1. The molecule has 0 heterocycles. The number of sulfonamides is 1. The average molecular weight is 334 g/mol. The molecule has 100 valence electrons. The fraction of sp³-hybridized carbons (Fsp3) is 0.333. The molecule has 6 heteroatoms. The van der Waals surface area contributed by atoms with E-state index in [2.05, 4.69) is 27.2 Å². The monoisotopic (exact) mass is 333 g/mol. The number of hydrogen-bond donors (Lipinski definition) is 2. The van der Waals surface area contributed by atoms with Gasteiger partial charge in [0.1, 0.15) is 0 Å². The van der Waals surface area contributed by atoms with Gasteiger partial charge in [-0.25, -0.2) is 13.1 Å². The van der Waals surface area contributed by atoms with Gasteiger partial charge in [-0.05, 0) is 37.1 Å². The van der Waals surface area contributed by atoms with Gasteiger partial charge in [-0.1, -0.05) is 22.0 Å². The average Bonchev–Trinajstić information content (AvgIpc) is 2.27. The number of hydrogen-bond acceptors (Lipinski definition) is 3. The van der Waals surface area contributed by atoms with Crippen LogP contribution in [0.4, 0.5) is 0 Å². The van der Waals surface area contributed by atoms with Gasteiger partial charge < -0.3 is 5.11 Å². The molecular formula is C12H16BrNO3S. The van der Waals surface area contributed by atoms with Crippen molar-refractivity contribution < 1.29 is 13.5 Å². The molecule has 0 saturated heterocycles. The molecule has 2 N–H and O–H groups in total. The third kappa shape index (κ3) is 4.20. The molecular weight excluding hydrogens is 318 g/mol. The van der Waals surface area contributed by atoms with Crippen LogP contribution in [0, 0.1) is 6.92 Å². The number of aliphatic hydroxyl groups is 1. The summed E-state index contributed by atoms with van der Waals surface area (Å²) in [4.78, 5) is 0.178. The van der Waals surface area contributed by atoms with Crippen LogP contribution >= 0.6 is 15.9 Å². The Hall–Kier alpha value is -0.690. The Morgan fingerprint density at radius 3 is 2.67 bits per heavy atom. The summed E-state index contributed by atoms with van der Waals surface area (Å²) in [5, 5.41) is 9.09. The van der Waals surface area contributed by atoms with Gasteiger partial charge in [-0.3, -0.25) is 0 Å². The Bertz CT molecular complexity index is 508. The van der Waals surface area contributed by atoms with Crippen molar-refractivity contribution in [2.24, 2.45) is 0 Å². The molecule has 1 aromatic rings. The first kappa shape index (κ1) is 15.4. The maximum absolute atomic E-state index is 12.1. The van der Waals surface area contributed by atoms with Crippen molar-refractivity contribution in [3.8, 4) is 0 Å². The zero-order valence-corrected chi connectivity index (χ0v) is 12.5. The summed E-state index contributed by atoms with van der Waals surface area (Å²) >= 11 is 3.26. The van der Waals surface area contributed by atoms with Gasteiger partial charge in [0.05, 0.1) is 11.5 Å². The molecule has 1 aromatic carbocycles. The smallest absolute Gasteiger partial charge is 0.240 e. The summed E-state index contributed by atoms with van der Waals surface area (Å²) in [6.45, 7) is 5.08. The van der Waals surface area contributed by atoms with Gasteiger partial charge in [-0.15, -0.1) is 6.58 Å². The van der Waals surface area contributed by atoms with Crippen LogP contribution in [-0.4, -0.2) is 26.2 Å². The van der Waals surface area contributed by atoms with Gasteiger partial charge in [-0.2, -0.15) is 0 Å². The van der Waals surface area contributed by atoms with Gasteiger partial charge >= 0.3 is 0 Å². The van der Waals surface area contributed by atoms with Crippen molar-refractivity contribution in [1.82, 2.24) is 4.72 Å². The summed E-state index contributed by atoms with van der Waals surface area (Å²) in [5.74, 6) is 0. The van der Waals surface area contributed by atoms with Crippen LogP contribution < -0.4 is 4.72 Å². The van der Waals surface area contributed by atoms with Crippen molar-refractivity contribution in [1.29, 1.82) is 0 Å². The minimum absolute atomic E-state index is 0.178. The summed E-state index contributed by atoms with van der Waals surface area (Å²) in [6, 6.07) is 4.38. The molecule has 0 fully saturated rings. The molecule has 18 heavy (non-hydrogen) atoms.